The SMILES string of the molecule is CCCn1c(=O)[nH]c(=O)c2c(C(=O)N3CCSCC3)cc(C3CC3)nc21. The second-order valence-corrected chi connectivity index (χ2v) is 8.11. The van der Waals surface area contributed by atoms with Crippen LogP contribution in [-0.2, 0) is 6.54 Å². The lowest BCUT2D eigenvalue weighted by Gasteiger charge is -2.27. The van der Waals surface area contributed by atoms with Crippen LogP contribution in [0.4, 0.5) is 0 Å². The fourth-order valence-electron chi connectivity index (χ4n) is 3.42. The number of aromatic amines is 1. The number of nitrogens with zero attached hydrogens (tertiary/aromatic N) is 3. The maximum absolute atomic E-state index is 13.2. The van der Waals surface area contributed by atoms with E-state index >= 15 is 0 Å². The Morgan fingerprint density at radius 2 is 2.04 bits per heavy atom. The van der Waals surface area contributed by atoms with E-state index in [1.165, 1.54) is 4.57 Å². The van der Waals surface area contributed by atoms with Crippen LogP contribution in [0.25, 0.3) is 11.0 Å². The Morgan fingerprint density at radius 3 is 2.69 bits per heavy atom. The number of H-pyrrole nitrogens is 1. The molecule has 7 nitrogen and oxygen atoms in total. The summed E-state index contributed by atoms with van der Waals surface area (Å²) in [6.07, 6.45) is 2.81. The van der Waals surface area contributed by atoms with Crippen molar-refractivity contribution < 1.29 is 4.79 Å². The molecule has 8 heteroatoms. The van der Waals surface area contributed by atoms with Crippen molar-refractivity contribution in [2.75, 3.05) is 24.6 Å². The van der Waals surface area contributed by atoms with Crippen LogP contribution in [0.15, 0.2) is 15.7 Å². The highest BCUT2D eigenvalue weighted by molar-refractivity contribution is 7.99. The second-order valence-electron chi connectivity index (χ2n) is 6.88. The van der Waals surface area contributed by atoms with E-state index in [1.54, 1.807) is 11.0 Å². The first-order valence-corrected chi connectivity index (χ1v) is 10.3. The van der Waals surface area contributed by atoms with Crippen molar-refractivity contribution in [3.63, 3.8) is 0 Å². The van der Waals surface area contributed by atoms with Gasteiger partial charge in [-0.05, 0) is 25.3 Å². The molecule has 3 heterocycles. The largest absolute Gasteiger partial charge is 0.337 e. The zero-order chi connectivity index (χ0) is 18.3. The number of aryl methyl sites for hydroxylation is 1. The summed E-state index contributed by atoms with van der Waals surface area (Å²) in [6.45, 7) is 3.78. The van der Waals surface area contributed by atoms with Crippen molar-refractivity contribution in [2.24, 2.45) is 0 Å². The standard InChI is InChI=1S/C18H22N4O3S/c1-2-5-22-15-14(16(23)20-18(22)25)12(10-13(19-15)11-3-4-11)17(24)21-6-8-26-9-7-21/h10-11H,2-9H2,1H3,(H,20,23,25). The summed E-state index contributed by atoms with van der Waals surface area (Å²) in [5.41, 5.74) is 0.566. The molecule has 0 unspecified atom stereocenters. The number of carbonyl (C=O) groups is 1. The fraction of sp³-hybridized carbons (Fsp3) is 0.556. The molecule has 26 heavy (non-hydrogen) atoms. The van der Waals surface area contributed by atoms with Gasteiger partial charge in [0.15, 0.2) is 5.65 Å². The lowest BCUT2D eigenvalue weighted by molar-refractivity contribution is 0.0774. The van der Waals surface area contributed by atoms with Crippen LogP contribution >= 0.6 is 11.8 Å². The van der Waals surface area contributed by atoms with Crippen molar-refractivity contribution >= 4 is 28.7 Å². The van der Waals surface area contributed by atoms with Gasteiger partial charge in [0.25, 0.3) is 11.5 Å². The van der Waals surface area contributed by atoms with Crippen LogP contribution in [0, 0.1) is 0 Å². The smallest absolute Gasteiger partial charge is 0.329 e. The number of hydrogen-bond acceptors (Lipinski definition) is 5. The lowest BCUT2D eigenvalue weighted by Crippen LogP contribution is -2.39. The number of rotatable bonds is 4. The van der Waals surface area contributed by atoms with Gasteiger partial charge in [-0.2, -0.15) is 11.8 Å². The Kier molecular flexibility index (Phi) is 4.60. The molecule has 138 valence electrons. The molecule has 0 spiro atoms. The molecule has 2 aromatic heterocycles. The van der Waals surface area contributed by atoms with Crippen molar-refractivity contribution in [1.29, 1.82) is 0 Å². The third-order valence-electron chi connectivity index (χ3n) is 4.94. The summed E-state index contributed by atoms with van der Waals surface area (Å²) < 4.78 is 1.49. The summed E-state index contributed by atoms with van der Waals surface area (Å²) in [4.78, 5) is 46.8. The molecule has 1 N–H and O–H groups in total. The molecule has 1 saturated carbocycles. The van der Waals surface area contributed by atoms with Gasteiger partial charge in [-0.15, -0.1) is 0 Å². The van der Waals surface area contributed by atoms with E-state index in [9.17, 15) is 14.4 Å². The van der Waals surface area contributed by atoms with Gasteiger partial charge in [-0.3, -0.25) is 19.1 Å². The molecule has 1 aliphatic heterocycles. The summed E-state index contributed by atoms with van der Waals surface area (Å²) in [6, 6.07) is 1.78. The Bertz CT molecular complexity index is 971. The predicted octanol–water partition coefficient (Wildman–Crippen LogP) is 1.56. The second kappa shape index (κ2) is 6.90. The monoisotopic (exact) mass is 374 g/mol. The van der Waals surface area contributed by atoms with Gasteiger partial charge in [0.1, 0.15) is 0 Å². The summed E-state index contributed by atoms with van der Waals surface area (Å²) in [5, 5.41) is 0.241. The molecule has 1 saturated heterocycles. The number of fused-ring (bicyclic) bond motifs is 1. The number of carbonyl (C=O) groups excluding carboxylic acids is 1. The first-order valence-electron chi connectivity index (χ1n) is 9.15. The van der Waals surface area contributed by atoms with Gasteiger partial charge in [-0.1, -0.05) is 6.92 Å². The van der Waals surface area contributed by atoms with Crippen molar-refractivity contribution in [3.8, 4) is 0 Å². The molecular formula is C18H22N4O3S. The maximum atomic E-state index is 13.2. The van der Waals surface area contributed by atoms with Crippen molar-refractivity contribution in [3.05, 3.63) is 38.2 Å². The number of thioether (sulfide) groups is 1. The van der Waals surface area contributed by atoms with Gasteiger partial charge in [0.2, 0.25) is 0 Å². The Morgan fingerprint density at radius 1 is 1.31 bits per heavy atom. The van der Waals surface area contributed by atoms with Gasteiger partial charge in [0.05, 0.1) is 10.9 Å². The molecule has 0 bridgehead atoms. The minimum atomic E-state index is -0.526. The fourth-order valence-corrected chi connectivity index (χ4v) is 4.32. The van der Waals surface area contributed by atoms with Crippen LogP contribution in [0.5, 0.6) is 0 Å². The molecule has 1 aliphatic carbocycles. The number of pyridine rings is 1. The highest BCUT2D eigenvalue weighted by Gasteiger charge is 2.30. The van der Waals surface area contributed by atoms with Gasteiger partial charge in [0, 0.05) is 42.8 Å². The summed E-state index contributed by atoms with van der Waals surface area (Å²) in [5.74, 6) is 2.00. The minimum absolute atomic E-state index is 0.133. The first-order chi connectivity index (χ1) is 12.6. The maximum Gasteiger partial charge on any atom is 0.329 e. The normalized spacial score (nSPS) is 17.7. The molecule has 4 rings (SSSR count). The first kappa shape index (κ1) is 17.3. The van der Waals surface area contributed by atoms with E-state index in [4.69, 9.17) is 0 Å². The van der Waals surface area contributed by atoms with Crippen LogP contribution in [0.3, 0.4) is 0 Å². The third kappa shape index (κ3) is 3.06. The predicted molar refractivity (Wildman–Crippen MR) is 102 cm³/mol. The van der Waals surface area contributed by atoms with Crippen LogP contribution in [0.2, 0.25) is 0 Å². The van der Waals surface area contributed by atoms with E-state index in [1.807, 2.05) is 18.7 Å². The van der Waals surface area contributed by atoms with Crippen molar-refractivity contribution in [1.82, 2.24) is 19.4 Å². The Hall–Kier alpha value is -2.09. The number of hydrogen-bond donors (Lipinski definition) is 1. The average molecular weight is 374 g/mol. The van der Waals surface area contributed by atoms with Crippen molar-refractivity contribution in [2.45, 2.75) is 38.6 Å². The molecule has 1 amide bonds. The third-order valence-corrected chi connectivity index (χ3v) is 5.88. The van der Waals surface area contributed by atoms with Gasteiger partial charge >= 0.3 is 5.69 Å². The Balaban J connectivity index is 1.95. The lowest BCUT2D eigenvalue weighted by atomic mass is 10.1. The average Bonchev–Trinajstić information content (AvgIpc) is 3.49. The molecule has 2 fully saturated rings. The molecular weight excluding hydrogens is 352 g/mol. The zero-order valence-electron chi connectivity index (χ0n) is 14.8. The molecule has 0 aromatic carbocycles. The van der Waals surface area contributed by atoms with Gasteiger partial charge in [-0.25, -0.2) is 9.78 Å². The van der Waals surface area contributed by atoms with Crippen LogP contribution in [0.1, 0.15) is 48.2 Å². The highest BCUT2D eigenvalue weighted by Crippen LogP contribution is 2.40. The molecule has 0 atom stereocenters. The number of aromatic nitrogens is 3. The van der Waals surface area contributed by atoms with E-state index in [-0.39, 0.29) is 11.3 Å². The van der Waals surface area contributed by atoms with Gasteiger partial charge < -0.3 is 4.90 Å². The zero-order valence-corrected chi connectivity index (χ0v) is 15.6. The minimum Gasteiger partial charge on any atom is -0.337 e. The van der Waals surface area contributed by atoms with E-state index in [2.05, 4.69) is 9.97 Å². The highest BCUT2D eigenvalue weighted by atomic mass is 32.2. The van der Waals surface area contributed by atoms with E-state index < -0.39 is 11.2 Å². The van der Waals surface area contributed by atoms with E-state index in [0.717, 1.165) is 36.5 Å². The Labute approximate surface area is 154 Å². The molecule has 2 aromatic rings. The summed E-state index contributed by atoms with van der Waals surface area (Å²) >= 11 is 1.83. The number of amides is 1. The van der Waals surface area contributed by atoms with Crippen LogP contribution < -0.4 is 11.2 Å². The van der Waals surface area contributed by atoms with Crippen LogP contribution in [-0.4, -0.2) is 49.9 Å². The molecule has 0 radical (unpaired) electrons. The quantitative estimate of drug-likeness (QED) is 0.877. The summed E-state index contributed by atoms with van der Waals surface area (Å²) in [7, 11) is 0. The topological polar surface area (TPSA) is 88.1 Å². The molecule has 2 aliphatic rings. The van der Waals surface area contributed by atoms with E-state index in [0.29, 0.717) is 36.8 Å². The number of nitrogens with one attached hydrogen (secondary N) is 1.